The number of rotatable bonds is 4. The molecule has 4 nitrogen and oxygen atoms in total. The number of aryl methyl sites for hydroxylation is 1. The Morgan fingerprint density at radius 1 is 1.59 bits per heavy atom. The van der Waals surface area contributed by atoms with Crippen LogP contribution in [0.4, 0.5) is 0 Å². The molecule has 0 fully saturated rings. The van der Waals surface area contributed by atoms with Crippen LogP contribution in [0.3, 0.4) is 0 Å². The molecular weight excluding hydrogens is 234 g/mol. The summed E-state index contributed by atoms with van der Waals surface area (Å²) in [5, 5.41) is 0.747. The molecule has 0 bridgehead atoms. The second-order valence-electron chi connectivity index (χ2n) is 4.63. The van der Waals surface area contributed by atoms with Gasteiger partial charge in [0.05, 0.1) is 5.69 Å². The van der Waals surface area contributed by atoms with E-state index >= 15 is 0 Å². The normalized spacial score (nSPS) is 19.1. The largest absolute Gasteiger partial charge is 0.330 e. The average Bonchev–Trinajstić information content (AvgIpc) is 2.31. The molecule has 0 spiro atoms. The molecule has 1 aromatic heterocycles. The number of nitrogens with zero attached hydrogens (tertiary/aromatic N) is 1. The van der Waals surface area contributed by atoms with Crippen molar-refractivity contribution >= 4 is 11.8 Å². The molecule has 1 unspecified atom stereocenters. The highest BCUT2D eigenvalue weighted by molar-refractivity contribution is 7.99. The first kappa shape index (κ1) is 12.6. The van der Waals surface area contributed by atoms with Crippen molar-refractivity contribution in [3.8, 4) is 0 Å². The Bertz CT molecular complexity index is 444. The van der Waals surface area contributed by atoms with E-state index in [-0.39, 0.29) is 5.56 Å². The highest BCUT2D eigenvalue weighted by Crippen LogP contribution is 2.23. The Morgan fingerprint density at radius 2 is 2.41 bits per heavy atom. The first-order valence-electron chi connectivity index (χ1n) is 6.15. The SMILES string of the molecule is CC1CCc2nc(SCCCN)[nH]c(=O)c2C1. The van der Waals surface area contributed by atoms with Gasteiger partial charge in [0.25, 0.3) is 5.56 Å². The van der Waals surface area contributed by atoms with Crippen LogP contribution in [0.5, 0.6) is 0 Å². The molecule has 1 heterocycles. The van der Waals surface area contributed by atoms with Crippen molar-refractivity contribution in [2.24, 2.45) is 11.7 Å². The maximum absolute atomic E-state index is 11.9. The first-order valence-corrected chi connectivity index (χ1v) is 7.14. The Morgan fingerprint density at radius 3 is 3.18 bits per heavy atom. The molecule has 2 rings (SSSR count). The van der Waals surface area contributed by atoms with E-state index in [1.807, 2.05) is 0 Å². The van der Waals surface area contributed by atoms with Crippen molar-refractivity contribution in [2.45, 2.75) is 37.8 Å². The van der Waals surface area contributed by atoms with Crippen LogP contribution in [0.2, 0.25) is 0 Å². The number of aromatic amines is 1. The van der Waals surface area contributed by atoms with Crippen LogP contribution < -0.4 is 11.3 Å². The molecule has 1 aromatic rings. The number of thioether (sulfide) groups is 1. The number of nitrogens with one attached hydrogen (secondary N) is 1. The van der Waals surface area contributed by atoms with Crippen molar-refractivity contribution in [1.82, 2.24) is 9.97 Å². The van der Waals surface area contributed by atoms with E-state index in [4.69, 9.17) is 5.73 Å². The van der Waals surface area contributed by atoms with Gasteiger partial charge in [-0.2, -0.15) is 0 Å². The molecule has 1 aliphatic rings. The van der Waals surface area contributed by atoms with Gasteiger partial charge in [-0.3, -0.25) is 4.79 Å². The third kappa shape index (κ3) is 3.10. The molecule has 94 valence electrons. The Kier molecular flexibility index (Phi) is 4.23. The second-order valence-corrected chi connectivity index (χ2v) is 5.72. The van der Waals surface area contributed by atoms with Crippen molar-refractivity contribution in [3.63, 3.8) is 0 Å². The molecule has 1 aliphatic carbocycles. The van der Waals surface area contributed by atoms with Gasteiger partial charge in [-0.15, -0.1) is 0 Å². The maximum atomic E-state index is 11.9. The molecule has 3 N–H and O–H groups in total. The third-order valence-corrected chi connectivity index (χ3v) is 4.05. The van der Waals surface area contributed by atoms with Gasteiger partial charge in [-0.1, -0.05) is 18.7 Å². The van der Waals surface area contributed by atoms with E-state index in [9.17, 15) is 4.79 Å². The molecule has 1 atom stereocenters. The van der Waals surface area contributed by atoms with Crippen molar-refractivity contribution in [1.29, 1.82) is 0 Å². The molecule has 0 aromatic carbocycles. The van der Waals surface area contributed by atoms with E-state index in [0.717, 1.165) is 47.8 Å². The molecule has 0 aliphatic heterocycles. The van der Waals surface area contributed by atoms with E-state index in [1.165, 1.54) is 0 Å². The van der Waals surface area contributed by atoms with E-state index < -0.39 is 0 Å². The van der Waals surface area contributed by atoms with Crippen molar-refractivity contribution < 1.29 is 0 Å². The summed E-state index contributed by atoms with van der Waals surface area (Å²) in [7, 11) is 0. The van der Waals surface area contributed by atoms with E-state index in [1.54, 1.807) is 11.8 Å². The number of fused-ring (bicyclic) bond motifs is 1. The summed E-state index contributed by atoms with van der Waals surface area (Å²) < 4.78 is 0. The summed E-state index contributed by atoms with van der Waals surface area (Å²) in [5.74, 6) is 1.51. The zero-order chi connectivity index (χ0) is 12.3. The van der Waals surface area contributed by atoms with Gasteiger partial charge in [0.2, 0.25) is 0 Å². The van der Waals surface area contributed by atoms with Crippen LogP contribution in [0.1, 0.15) is 31.0 Å². The lowest BCUT2D eigenvalue weighted by atomic mass is 9.89. The van der Waals surface area contributed by atoms with Crippen LogP contribution in [-0.4, -0.2) is 22.3 Å². The minimum Gasteiger partial charge on any atom is -0.330 e. The van der Waals surface area contributed by atoms with Gasteiger partial charge in [0, 0.05) is 11.3 Å². The monoisotopic (exact) mass is 253 g/mol. The van der Waals surface area contributed by atoms with Crippen LogP contribution in [0.25, 0.3) is 0 Å². The van der Waals surface area contributed by atoms with Crippen LogP contribution >= 0.6 is 11.8 Å². The number of nitrogens with two attached hydrogens (primary N) is 1. The van der Waals surface area contributed by atoms with Crippen LogP contribution in [0, 0.1) is 5.92 Å². The number of H-pyrrole nitrogens is 1. The fourth-order valence-corrected chi connectivity index (χ4v) is 2.94. The summed E-state index contributed by atoms with van der Waals surface area (Å²) >= 11 is 1.59. The molecule has 0 saturated heterocycles. The van der Waals surface area contributed by atoms with Gasteiger partial charge in [-0.25, -0.2) is 4.98 Å². The topological polar surface area (TPSA) is 71.8 Å². The summed E-state index contributed by atoms with van der Waals surface area (Å²) in [4.78, 5) is 19.3. The lowest BCUT2D eigenvalue weighted by molar-refractivity contribution is 0.485. The third-order valence-electron chi connectivity index (χ3n) is 3.09. The summed E-state index contributed by atoms with van der Waals surface area (Å²) in [6.07, 6.45) is 3.88. The lowest BCUT2D eigenvalue weighted by Gasteiger charge is -2.19. The Hall–Kier alpha value is -0.810. The molecule has 0 radical (unpaired) electrons. The van der Waals surface area contributed by atoms with Gasteiger partial charge in [-0.05, 0) is 38.1 Å². The van der Waals surface area contributed by atoms with Gasteiger partial charge < -0.3 is 10.7 Å². The van der Waals surface area contributed by atoms with Crippen LogP contribution in [0.15, 0.2) is 9.95 Å². The van der Waals surface area contributed by atoms with Crippen molar-refractivity contribution in [2.75, 3.05) is 12.3 Å². The minimum absolute atomic E-state index is 0.0526. The quantitative estimate of drug-likeness (QED) is 0.482. The number of hydrogen-bond donors (Lipinski definition) is 2. The Balaban J connectivity index is 2.16. The maximum Gasteiger partial charge on any atom is 0.254 e. The van der Waals surface area contributed by atoms with Crippen molar-refractivity contribution in [3.05, 3.63) is 21.6 Å². The number of aromatic nitrogens is 2. The zero-order valence-corrected chi connectivity index (χ0v) is 11.0. The molecular formula is C12H19N3OS. The second kappa shape index (κ2) is 5.69. The fourth-order valence-electron chi connectivity index (χ4n) is 2.09. The van der Waals surface area contributed by atoms with E-state index in [2.05, 4.69) is 16.9 Å². The average molecular weight is 253 g/mol. The lowest BCUT2D eigenvalue weighted by Crippen LogP contribution is -2.24. The van der Waals surface area contributed by atoms with Crippen LogP contribution in [-0.2, 0) is 12.8 Å². The minimum atomic E-state index is 0.0526. The molecule has 5 heteroatoms. The molecule has 17 heavy (non-hydrogen) atoms. The predicted molar refractivity (Wildman–Crippen MR) is 70.4 cm³/mol. The predicted octanol–water partition coefficient (Wildman–Crippen LogP) is 1.34. The highest BCUT2D eigenvalue weighted by atomic mass is 32.2. The standard InChI is InChI=1S/C12H19N3OS/c1-8-3-4-10-9(7-8)11(16)15-12(14-10)17-6-2-5-13/h8H,2-7,13H2,1H3,(H,14,15,16). The zero-order valence-electron chi connectivity index (χ0n) is 10.2. The summed E-state index contributed by atoms with van der Waals surface area (Å²) in [6.45, 7) is 2.87. The van der Waals surface area contributed by atoms with Gasteiger partial charge in [0.15, 0.2) is 5.16 Å². The molecule has 0 amide bonds. The fraction of sp³-hybridized carbons (Fsp3) is 0.667. The smallest absolute Gasteiger partial charge is 0.254 e. The van der Waals surface area contributed by atoms with Gasteiger partial charge in [0.1, 0.15) is 0 Å². The van der Waals surface area contributed by atoms with Gasteiger partial charge >= 0.3 is 0 Å². The molecule has 0 saturated carbocycles. The summed E-state index contributed by atoms with van der Waals surface area (Å²) in [6, 6.07) is 0. The highest BCUT2D eigenvalue weighted by Gasteiger charge is 2.20. The first-order chi connectivity index (χ1) is 8.20. The summed E-state index contributed by atoms with van der Waals surface area (Å²) in [5.41, 5.74) is 7.39. The number of hydrogen-bond acceptors (Lipinski definition) is 4. The van der Waals surface area contributed by atoms with E-state index in [0.29, 0.717) is 12.5 Å². The Labute approximate surface area is 105 Å².